The number of para-hydroxylation sites is 2. The van der Waals surface area contributed by atoms with Crippen LogP contribution < -0.4 is 5.32 Å². The highest BCUT2D eigenvalue weighted by atomic mass is 16.6. The Hall–Kier alpha value is -5.36. The topological polar surface area (TPSA) is 89.3 Å². The first kappa shape index (κ1) is 28.2. The Morgan fingerprint density at radius 3 is 1.67 bits per heavy atom. The van der Waals surface area contributed by atoms with E-state index in [0.717, 1.165) is 11.1 Å². The lowest BCUT2D eigenvalue weighted by Gasteiger charge is -2.34. The van der Waals surface area contributed by atoms with Crippen molar-refractivity contribution in [3.63, 3.8) is 0 Å². The molecule has 0 bridgehead atoms. The normalized spacial score (nSPS) is 13.0. The van der Waals surface area contributed by atoms with Gasteiger partial charge >= 0.3 is 0 Å². The average Bonchev–Trinajstić information content (AvgIpc) is 3.05. The van der Waals surface area contributed by atoms with E-state index in [2.05, 4.69) is 5.32 Å². The molecule has 0 aliphatic heterocycles. The van der Waals surface area contributed by atoms with Crippen molar-refractivity contribution >= 4 is 22.9 Å². The molecule has 0 heterocycles. The number of ketones is 2. The van der Waals surface area contributed by atoms with Crippen LogP contribution in [0.25, 0.3) is 0 Å². The lowest BCUT2D eigenvalue weighted by atomic mass is 9.72. The van der Waals surface area contributed by atoms with Crippen LogP contribution in [0.15, 0.2) is 146 Å². The Kier molecular flexibility index (Phi) is 8.94. The molecule has 6 heteroatoms. The number of hydrogen-bond acceptors (Lipinski definition) is 5. The van der Waals surface area contributed by atoms with Gasteiger partial charge in [-0.05, 0) is 17.2 Å². The maximum atomic E-state index is 14.6. The Morgan fingerprint density at radius 1 is 0.619 bits per heavy atom. The molecule has 1 N–H and O–H groups in total. The lowest BCUT2D eigenvalue weighted by molar-refractivity contribution is -0.384. The Labute approximate surface area is 244 Å². The van der Waals surface area contributed by atoms with E-state index < -0.39 is 22.8 Å². The van der Waals surface area contributed by atoms with Crippen LogP contribution in [-0.4, -0.2) is 16.5 Å². The van der Waals surface area contributed by atoms with Crippen molar-refractivity contribution in [2.75, 3.05) is 5.32 Å². The van der Waals surface area contributed by atoms with Gasteiger partial charge in [0.1, 0.15) is 5.69 Å². The molecule has 5 aromatic rings. The number of Topliss-reactive ketones (excluding diaryl/α,β-unsaturated/α-hetero) is 2. The minimum absolute atomic E-state index is 0.0686. The van der Waals surface area contributed by atoms with Gasteiger partial charge < -0.3 is 5.32 Å². The molecule has 6 nitrogen and oxygen atoms in total. The zero-order chi connectivity index (χ0) is 29.3. The molecule has 5 rings (SSSR count). The number of benzene rings is 5. The second-order valence-corrected chi connectivity index (χ2v) is 10.1. The summed E-state index contributed by atoms with van der Waals surface area (Å²) in [5.41, 5.74) is 2.87. The highest BCUT2D eigenvalue weighted by Gasteiger charge is 2.39. The van der Waals surface area contributed by atoms with E-state index in [1.807, 2.05) is 97.1 Å². The predicted molar refractivity (Wildman–Crippen MR) is 165 cm³/mol. The molecule has 0 amide bonds. The SMILES string of the molecule is O=C(C[C@H](c1ccccc1)[C@@H](C(=O)c1ccccc1)[C@H](Nc1ccccc1[N+](=O)[O-])c1ccccc1)c1ccccc1. The average molecular weight is 555 g/mol. The summed E-state index contributed by atoms with van der Waals surface area (Å²) in [6, 6.07) is 42.7. The summed E-state index contributed by atoms with van der Waals surface area (Å²) in [6.45, 7) is 0. The van der Waals surface area contributed by atoms with Gasteiger partial charge in [-0.25, -0.2) is 0 Å². The van der Waals surface area contributed by atoms with Crippen molar-refractivity contribution in [2.24, 2.45) is 5.92 Å². The first-order chi connectivity index (χ1) is 20.5. The number of rotatable bonds is 12. The third-order valence-corrected chi connectivity index (χ3v) is 7.45. The summed E-state index contributed by atoms with van der Waals surface area (Å²) < 4.78 is 0. The molecule has 0 aromatic heterocycles. The fourth-order valence-electron chi connectivity index (χ4n) is 5.42. The fraction of sp³-hybridized carbons (Fsp3) is 0.111. The van der Waals surface area contributed by atoms with Crippen LogP contribution in [0.4, 0.5) is 11.4 Å². The molecule has 0 spiro atoms. The molecular weight excluding hydrogens is 524 g/mol. The second-order valence-electron chi connectivity index (χ2n) is 10.1. The molecule has 0 aliphatic carbocycles. The highest BCUT2D eigenvalue weighted by Crippen LogP contribution is 2.42. The van der Waals surface area contributed by atoms with Gasteiger partial charge in [-0.1, -0.05) is 133 Å². The third kappa shape index (κ3) is 6.50. The van der Waals surface area contributed by atoms with Gasteiger partial charge in [-0.3, -0.25) is 19.7 Å². The summed E-state index contributed by atoms with van der Waals surface area (Å²) in [5.74, 6) is -1.60. The van der Waals surface area contributed by atoms with Crippen LogP contribution in [0, 0.1) is 16.0 Å². The Balaban J connectivity index is 1.70. The monoisotopic (exact) mass is 554 g/mol. The van der Waals surface area contributed by atoms with Gasteiger partial charge in [0.15, 0.2) is 11.6 Å². The zero-order valence-electron chi connectivity index (χ0n) is 22.9. The summed E-state index contributed by atoms with van der Waals surface area (Å²) >= 11 is 0. The third-order valence-electron chi connectivity index (χ3n) is 7.45. The van der Waals surface area contributed by atoms with E-state index in [9.17, 15) is 19.7 Å². The molecule has 3 atom stereocenters. The number of nitrogens with one attached hydrogen (secondary N) is 1. The van der Waals surface area contributed by atoms with Gasteiger partial charge in [-0.15, -0.1) is 0 Å². The molecule has 42 heavy (non-hydrogen) atoms. The standard InChI is InChI=1S/C36H30N2O4/c39-33(27-17-7-2-8-18-27)25-30(26-15-5-1-6-16-26)34(36(40)29-21-11-4-12-22-29)35(28-19-9-3-10-20-28)37-31-23-13-14-24-32(31)38(41)42/h1-24,30,34-35,37H,25H2/t30-,34-,35-/m1/s1. The van der Waals surface area contributed by atoms with Crippen LogP contribution in [0.2, 0.25) is 0 Å². The van der Waals surface area contributed by atoms with Crippen molar-refractivity contribution in [3.05, 3.63) is 178 Å². The molecule has 0 radical (unpaired) electrons. The molecule has 208 valence electrons. The van der Waals surface area contributed by atoms with E-state index in [-0.39, 0.29) is 23.7 Å². The summed E-state index contributed by atoms with van der Waals surface area (Å²) in [5, 5.41) is 15.4. The Morgan fingerprint density at radius 2 is 1.10 bits per heavy atom. The number of carbonyl (C=O) groups excluding carboxylic acids is 2. The lowest BCUT2D eigenvalue weighted by Crippen LogP contribution is -2.34. The molecule has 0 aliphatic rings. The molecule has 5 aromatic carbocycles. The number of nitro benzene ring substituents is 1. The van der Waals surface area contributed by atoms with Gasteiger partial charge in [0.2, 0.25) is 0 Å². The quantitative estimate of drug-likeness (QED) is 0.0952. The summed E-state index contributed by atoms with van der Waals surface area (Å²) in [4.78, 5) is 39.9. The van der Waals surface area contributed by atoms with E-state index in [1.54, 1.807) is 42.5 Å². The minimum atomic E-state index is -0.801. The highest BCUT2D eigenvalue weighted by molar-refractivity contribution is 6.01. The molecular formula is C36H30N2O4. The number of anilines is 1. The predicted octanol–water partition coefficient (Wildman–Crippen LogP) is 8.30. The largest absolute Gasteiger partial charge is 0.372 e. The molecule has 0 unspecified atom stereocenters. The Bertz CT molecular complexity index is 1640. The number of nitrogens with zero attached hydrogens (tertiary/aromatic N) is 1. The fourth-order valence-corrected chi connectivity index (χ4v) is 5.42. The van der Waals surface area contributed by atoms with Gasteiger partial charge in [0, 0.05) is 29.5 Å². The van der Waals surface area contributed by atoms with Gasteiger partial charge in [-0.2, -0.15) is 0 Å². The van der Waals surface area contributed by atoms with Crippen molar-refractivity contribution in [1.29, 1.82) is 0 Å². The van der Waals surface area contributed by atoms with Gasteiger partial charge in [0.25, 0.3) is 5.69 Å². The van der Waals surface area contributed by atoms with Crippen molar-refractivity contribution in [1.82, 2.24) is 0 Å². The van der Waals surface area contributed by atoms with Crippen LogP contribution in [0.5, 0.6) is 0 Å². The van der Waals surface area contributed by atoms with E-state index in [4.69, 9.17) is 0 Å². The zero-order valence-corrected chi connectivity index (χ0v) is 22.9. The van der Waals surface area contributed by atoms with Crippen LogP contribution in [-0.2, 0) is 0 Å². The molecule has 0 saturated heterocycles. The summed E-state index contributed by atoms with van der Waals surface area (Å²) in [6.07, 6.45) is 0.0686. The number of hydrogen-bond donors (Lipinski definition) is 1. The van der Waals surface area contributed by atoms with Crippen LogP contribution in [0.1, 0.15) is 50.2 Å². The van der Waals surface area contributed by atoms with Crippen molar-refractivity contribution in [2.45, 2.75) is 18.4 Å². The van der Waals surface area contributed by atoms with E-state index in [0.29, 0.717) is 16.8 Å². The van der Waals surface area contributed by atoms with Crippen LogP contribution >= 0.6 is 0 Å². The summed E-state index contributed by atoms with van der Waals surface area (Å²) in [7, 11) is 0. The second kappa shape index (κ2) is 13.3. The smallest absolute Gasteiger partial charge is 0.292 e. The first-order valence-corrected chi connectivity index (χ1v) is 13.8. The number of carbonyl (C=O) groups is 2. The van der Waals surface area contributed by atoms with Gasteiger partial charge in [0.05, 0.1) is 16.9 Å². The maximum Gasteiger partial charge on any atom is 0.292 e. The van der Waals surface area contributed by atoms with Crippen molar-refractivity contribution in [3.8, 4) is 0 Å². The first-order valence-electron chi connectivity index (χ1n) is 13.8. The molecule has 0 fully saturated rings. The molecule has 0 saturated carbocycles. The van der Waals surface area contributed by atoms with E-state index in [1.165, 1.54) is 6.07 Å². The number of nitro groups is 1. The van der Waals surface area contributed by atoms with Crippen LogP contribution in [0.3, 0.4) is 0 Å². The van der Waals surface area contributed by atoms with E-state index >= 15 is 0 Å². The maximum absolute atomic E-state index is 14.6. The minimum Gasteiger partial charge on any atom is -0.372 e. The van der Waals surface area contributed by atoms with Crippen molar-refractivity contribution < 1.29 is 14.5 Å².